The van der Waals surface area contributed by atoms with E-state index in [-0.39, 0.29) is 5.41 Å². The summed E-state index contributed by atoms with van der Waals surface area (Å²) in [6.07, 6.45) is 1.60. The Labute approximate surface area is 95.9 Å². The Morgan fingerprint density at radius 3 is 2.93 bits per heavy atom. The molecular formula is C12H18N2S. The Morgan fingerprint density at radius 1 is 1.53 bits per heavy atom. The predicted octanol–water partition coefficient (Wildman–Crippen LogP) is 3.17. The first-order valence-corrected chi connectivity index (χ1v) is 6.17. The largest absolute Gasteiger partial charge is 0.312 e. The van der Waals surface area contributed by atoms with E-state index in [1.54, 1.807) is 11.3 Å². The zero-order valence-corrected chi connectivity index (χ0v) is 10.2. The number of rotatable bonds is 6. The first-order chi connectivity index (χ1) is 7.14. The summed E-state index contributed by atoms with van der Waals surface area (Å²) in [7, 11) is 0. The minimum Gasteiger partial charge on any atom is -0.312 e. The van der Waals surface area contributed by atoms with Crippen molar-refractivity contribution in [2.45, 2.75) is 33.2 Å². The van der Waals surface area contributed by atoms with Gasteiger partial charge in [-0.25, -0.2) is 0 Å². The zero-order chi connectivity index (χ0) is 11.1. The Morgan fingerprint density at radius 2 is 2.33 bits per heavy atom. The lowest BCUT2D eigenvalue weighted by molar-refractivity contribution is 0.317. The SMILES string of the molecule is CC(C)(CCC#N)CNCc1ccsc1. The molecule has 1 aromatic heterocycles. The Hall–Kier alpha value is -0.850. The van der Waals surface area contributed by atoms with E-state index in [0.29, 0.717) is 6.42 Å². The van der Waals surface area contributed by atoms with Crippen molar-refractivity contribution in [3.63, 3.8) is 0 Å². The molecule has 0 spiro atoms. The molecule has 2 nitrogen and oxygen atoms in total. The molecule has 0 bridgehead atoms. The van der Waals surface area contributed by atoms with E-state index in [9.17, 15) is 0 Å². The molecule has 0 saturated carbocycles. The summed E-state index contributed by atoms with van der Waals surface area (Å²) in [5.41, 5.74) is 1.56. The third kappa shape index (κ3) is 4.96. The van der Waals surface area contributed by atoms with Crippen molar-refractivity contribution in [1.29, 1.82) is 5.26 Å². The third-order valence-electron chi connectivity index (χ3n) is 2.43. The molecule has 0 amide bonds. The van der Waals surface area contributed by atoms with E-state index in [2.05, 4.69) is 42.1 Å². The number of hydrogen-bond acceptors (Lipinski definition) is 3. The topological polar surface area (TPSA) is 35.8 Å². The van der Waals surface area contributed by atoms with Crippen molar-refractivity contribution in [3.05, 3.63) is 22.4 Å². The van der Waals surface area contributed by atoms with Gasteiger partial charge >= 0.3 is 0 Å². The van der Waals surface area contributed by atoms with Crippen LogP contribution in [0.3, 0.4) is 0 Å². The van der Waals surface area contributed by atoms with Crippen LogP contribution < -0.4 is 5.32 Å². The predicted molar refractivity (Wildman–Crippen MR) is 64.7 cm³/mol. The molecule has 0 fully saturated rings. The van der Waals surface area contributed by atoms with Crippen LogP contribution in [0.4, 0.5) is 0 Å². The molecule has 0 atom stereocenters. The second-order valence-corrected chi connectivity index (χ2v) is 5.34. The highest BCUT2D eigenvalue weighted by Gasteiger charge is 2.16. The number of hydrogen-bond donors (Lipinski definition) is 1. The molecular weight excluding hydrogens is 204 g/mol. The van der Waals surface area contributed by atoms with Gasteiger partial charge in [-0.1, -0.05) is 13.8 Å². The average molecular weight is 222 g/mol. The molecule has 0 aromatic carbocycles. The summed E-state index contributed by atoms with van der Waals surface area (Å²) in [4.78, 5) is 0. The van der Waals surface area contributed by atoms with Gasteiger partial charge in [-0.2, -0.15) is 16.6 Å². The lowest BCUT2D eigenvalue weighted by Crippen LogP contribution is -2.28. The van der Waals surface area contributed by atoms with E-state index < -0.39 is 0 Å². The molecule has 15 heavy (non-hydrogen) atoms. The van der Waals surface area contributed by atoms with E-state index in [0.717, 1.165) is 19.5 Å². The van der Waals surface area contributed by atoms with Crippen LogP contribution in [0, 0.1) is 16.7 Å². The molecule has 82 valence electrons. The first-order valence-electron chi connectivity index (χ1n) is 5.23. The van der Waals surface area contributed by atoms with E-state index in [1.165, 1.54) is 5.56 Å². The number of nitrogens with one attached hydrogen (secondary N) is 1. The van der Waals surface area contributed by atoms with Crippen LogP contribution in [0.2, 0.25) is 0 Å². The van der Waals surface area contributed by atoms with Gasteiger partial charge in [0.25, 0.3) is 0 Å². The highest BCUT2D eigenvalue weighted by Crippen LogP contribution is 2.20. The lowest BCUT2D eigenvalue weighted by Gasteiger charge is -2.23. The molecule has 0 aliphatic heterocycles. The van der Waals surface area contributed by atoms with Gasteiger partial charge in [-0.3, -0.25) is 0 Å². The molecule has 0 radical (unpaired) electrons. The molecule has 3 heteroatoms. The van der Waals surface area contributed by atoms with Crippen LogP contribution in [0.15, 0.2) is 16.8 Å². The molecule has 1 heterocycles. The van der Waals surface area contributed by atoms with Crippen LogP contribution in [-0.4, -0.2) is 6.54 Å². The maximum Gasteiger partial charge on any atom is 0.0621 e. The molecule has 1 aromatic rings. The van der Waals surface area contributed by atoms with Crippen LogP contribution >= 0.6 is 11.3 Å². The Kier molecular flexibility index (Phi) is 4.80. The second kappa shape index (κ2) is 5.89. The second-order valence-electron chi connectivity index (χ2n) is 4.56. The fourth-order valence-electron chi connectivity index (χ4n) is 1.42. The van der Waals surface area contributed by atoms with Gasteiger partial charge in [0, 0.05) is 19.5 Å². The standard InChI is InChI=1S/C12H18N2S/c1-12(2,5-3-6-13)10-14-8-11-4-7-15-9-11/h4,7,9,14H,3,5,8,10H2,1-2H3. The molecule has 0 aliphatic carbocycles. The van der Waals surface area contributed by atoms with Crippen LogP contribution in [0.1, 0.15) is 32.3 Å². The smallest absolute Gasteiger partial charge is 0.0621 e. The van der Waals surface area contributed by atoms with Gasteiger partial charge in [0.1, 0.15) is 0 Å². The van der Waals surface area contributed by atoms with Gasteiger partial charge in [-0.15, -0.1) is 0 Å². The van der Waals surface area contributed by atoms with Crippen LogP contribution in [0.25, 0.3) is 0 Å². The average Bonchev–Trinajstić information content (AvgIpc) is 2.67. The fraction of sp³-hybridized carbons (Fsp3) is 0.583. The Balaban J connectivity index is 2.21. The van der Waals surface area contributed by atoms with Crippen molar-refractivity contribution in [1.82, 2.24) is 5.32 Å². The summed E-state index contributed by atoms with van der Waals surface area (Å²) in [6, 6.07) is 4.34. The minimum absolute atomic E-state index is 0.214. The van der Waals surface area contributed by atoms with Gasteiger partial charge in [0.15, 0.2) is 0 Å². The van der Waals surface area contributed by atoms with Crippen molar-refractivity contribution in [2.24, 2.45) is 5.41 Å². The molecule has 1 rings (SSSR count). The van der Waals surface area contributed by atoms with Gasteiger partial charge < -0.3 is 5.32 Å². The van der Waals surface area contributed by atoms with Gasteiger partial charge in [-0.05, 0) is 34.2 Å². The van der Waals surface area contributed by atoms with Crippen LogP contribution in [0.5, 0.6) is 0 Å². The number of nitriles is 1. The number of nitrogens with zero attached hydrogens (tertiary/aromatic N) is 1. The maximum atomic E-state index is 8.54. The lowest BCUT2D eigenvalue weighted by atomic mass is 9.88. The normalized spacial score (nSPS) is 11.3. The van der Waals surface area contributed by atoms with Crippen molar-refractivity contribution in [3.8, 4) is 6.07 Å². The summed E-state index contributed by atoms with van der Waals surface area (Å²) in [5.74, 6) is 0. The highest BCUT2D eigenvalue weighted by molar-refractivity contribution is 7.07. The fourth-order valence-corrected chi connectivity index (χ4v) is 2.09. The van der Waals surface area contributed by atoms with Gasteiger partial charge in [0.2, 0.25) is 0 Å². The maximum absolute atomic E-state index is 8.54. The van der Waals surface area contributed by atoms with Crippen molar-refractivity contribution in [2.75, 3.05) is 6.54 Å². The highest BCUT2D eigenvalue weighted by atomic mass is 32.1. The van der Waals surface area contributed by atoms with E-state index >= 15 is 0 Å². The van der Waals surface area contributed by atoms with E-state index in [1.807, 2.05) is 0 Å². The number of thiophene rings is 1. The van der Waals surface area contributed by atoms with Crippen molar-refractivity contribution >= 4 is 11.3 Å². The van der Waals surface area contributed by atoms with Crippen molar-refractivity contribution < 1.29 is 0 Å². The summed E-state index contributed by atoms with van der Waals surface area (Å²) >= 11 is 1.73. The Bertz CT molecular complexity index is 309. The minimum atomic E-state index is 0.214. The molecule has 0 saturated heterocycles. The molecule has 1 N–H and O–H groups in total. The van der Waals surface area contributed by atoms with E-state index in [4.69, 9.17) is 5.26 Å². The molecule has 0 unspecified atom stereocenters. The summed E-state index contributed by atoms with van der Waals surface area (Å²) in [6.45, 7) is 6.29. The zero-order valence-electron chi connectivity index (χ0n) is 9.42. The van der Waals surface area contributed by atoms with Crippen LogP contribution in [-0.2, 0) is 6.54 Å². The summed E-state index contributed by atoms with van der Waals surface area (Å²) in [5, 5.41) is 16.2. The quantitative estimate of drug-likeness (QED) is 0.802. The summed E-state index contributed by atoms with van der Waals surface area (Å²) < 4.78 is 0. The first kappa shape index (κ1) is 12.2. The van der Waals surface area contributed by atoms with Gasteiger partial charge in [0.05, 0.1) is 6.07 Å². The monoisotopic (exact) mass is 222 g/mol. The molecule has 0 aliphatic rings. The third-order valence-corrected chi connectivity index (χ3v) is 3.16.